The highest BCUT2D eigenvalue weighted by molar-refractivity contribution is 5.53. The summed E-state index contributed by atoms with van der Waals surface area (Å²) in [7, 11) is 0. The standard InChI is InChI=1S/C12H7N2O/c1-2-3-7-15-12-6-4-5-10(8-13)11(12)9-14/h4,6H,7H2,1H3. The number of rotatable bonds is 2. The van der Waals surface area contributed by atoms with Crippen LogP contribution in [0.25, 0.3) is 0 Å². The van der Waals surface area contributed by atoms with Crippen molar-refractivity contribution in [3.63, 3.8) is 0 Å². The summed E-state index contributed by atoms with van der Waals surface area (Å²) in [6.45, 7) is 1.91. The molecule has 0 bridgehead atoms. The average molecular weight is 195 g/mol. The zero-order chi connectivity index (χ0) is 11.1. The third-order valence-corrected chi connectivity index (χ3v) is 1.66. The van der Waals surface area contributed by atoms with Crippen LogP contribution in [0.4, 0.5) is 0 Å². The fourth-order valence-electron chi connectivity index (χ4n) is 0.985. The Balaban J connectivity index is 3.02. The maximum absolute atomic E-state index is 8.85. The number of hydrogen-bond donors (Lipinski definition) is 0. The first-order valence-corrected chi connectivity index (χ1v) is 4.20. The quantitative estimate of drug-likeness (QED) is 0.674. The lowest BCUT2D eigenvalue weighted by Crippen LogP contribution is -1.97. The van der Waals surface area contributed by atoms with Crippen molar-refractivity contribution in [2.75, 3.05) is 6.61 Å². The molecule has 1 radical (unpaired) electrons. The van der Waals surface area contributed by atoms with E-state index in [1.807, 2.05) is 12.1 Å². The molecular weight excluding hydrogens is 188 g/mol. The van der Waals surface area contributed by atoms with Crippen molar-refractivity contribution in [2.24, 2.45) is 0 Å². The summed E-state index contributed by atoms with van der Waals surface area (Å²) in [5, 5.41) is 17.6. The Labute approximate surface area is 88.5 Å². The van der Waals surface area contributed by atoms with Gasteiger partial charge in [0.15, 0.2) is 0 Å². The molecule has 0 fully saturated rings. The highest BCUT2D eigenvalue weighted by Gasteiger charge is 2.08. The van der Waals surface area contributed by atoms with Crippen LogP contribution < -0.4 is 4.74 Å². The molecule has 0 aliphatic carbocycles. The van der Waals surface area contributed by atoms with Crippen molar-refractivity contribution in [1.29, 1.82) is 10.5 Å². The highest BCUT2D eigenvalue weighted by Crippen LogP contribution is 2.20. The predicted octanol–water partition coefficient (Wildman–Crippen LogP) is 1.63. The smallest absolute Gasteiger partial charge is 0.149 e. The van der Waals surface area contributed by atoms with Gasteiger partial charge in [0.25, 0.3) is 0 Å². The number of ether oxygens (including phenoxy) is 1. The number of benzene rings is 1. The number of nitriles is 2. The zero-order valence-electron chi connectivity index (χ0n) is 8.16. The Morgan fingerprint density at radius 1 is 1.40 bits per heavy atom. The Hall–Kier alpha value is -2.44. The molecule has 1 aromatic rings. The molecule has 0 saturated carbocycles. The van der Waals surface area contributed by atoms with Crippen molar-refractivity contribution in [2.45, 2.75) is 6.92 Å². The van der Waals surface area contributed by atoms with Gasteiger partial charge < -0.3 is 4.74 Å². The van der Waals surface area contributed by atoms with Crippen LogP contribution in [0, 0.1) is 40.6 Å². The summed E-state index contributed by atoms with van der Waals surface area (Å²) >= 11 is 0. The molecule has 71 valence electrons. The van der Waals surface area contributed by atoms with Crippen molar-refractivity contribution < 1.29 is 4.74 Å². The van der Waals surface area contributed by atoms with Gasteiger partial charge in [0.1, 0.15) is 30.1 Å². The molecule has 1 aromatic carbocycles. The molecule has 0 aromatic heterocycles. The van der Waals surface area contributed by atoms with Gasteiger partial charge in [-0.25, -0.2) is 0 Å². The maximum atomic E-state index is 8.85. The van der Waals surface area contributed by atoms with Crippen LogP contribution in [0.15, 0.2) is 12.1 Å². The lowest BCUT2D eigenvalue weighted by Gasteiger charge is -2.04. The molecular formula is C12H7N2O. The predicted molar refractivity (Wildman–Crippen MR) is 53.7 cm³/mol. The van der Waals surface area contributed by atoms with Crippen molar-refractivity contribution in [3.8, 4) is 29.7 Å². The van der Waals surface area contributed by atoms with E-state index in [9.17, 15) is 0 Å². The maximum Gasteiger partial charge on any atom is 0.149 e. The van der Waals surface area contributed by atoms with Crippen molar-refractivity contribution in [1.82, 2.24) is 0 Å². The normalized spacial score (nSPS) is 7.93. The lowest BCUT2D eigenvalue weighted by atomic mass is 10.1. The van der Waals surface area contributed by atoms with Gasteiger partial charge in [-0.05, 0) is 19.1 Å². The summed E-state index contributed by atoms with van der Waals surface area (Å²) in [6.07, 6.45) is 0. The molecule has 15 heavy (non-hydrogen) atoms. The van der Waals surface area contributed by atoms with Gasteiger partial charge in [0.05, 0.1) is 5.56 Å². The average Bonchev–Trinajstić information content (AvgIpc) is 2.29. The Morgan fingerprint density at radius 2 is 2.20 bits per heavy atom. The zero-order valence-corrected chi connectivity index (χ0v) is 8.16. The monoisotopic (exact) mass is 195 g/mol. The molecule has 0 unspecified atom stereocenters. The van der Waals surface area contributed by atoms with Gasteiger partial charge >= 0.3 is 0 Å². The molecule has 0 atom stereocenters. The fraction of sp³-hybridized carbons (Fsp3) is 0.167. The van der Waals surface area contributed by atoms with Crippen LogP contribution in [-0.2, 0) is 0 Å². The van der Waals surface area contributed by atoms with Crippen LogP contribution in [0.5, 0.6) is 5.75 Å². The molecule has 3 heteroatoms. The van der Waals surface area contributed by atoms with E-state index in [4.69, 9.17) is 15.3 Å². The summed E-state index contributed by atoms with van der Waals surface area (Å²) in [4.78, 5) is 0. The van der Waals surface area contributed by atoms with Gasteiger partial charge in [-0.2, -0.15) is 10.5 Å². The van der Waals surface area contributed by atoms with Crippen LogP contribution in [0.3, 0.4) is 0 Å². The van der Waals surface area contributed by atoms with E-state index in [0.29, 0.717) is 5.75 Å². The molecule has 0 saturated heterocycles. The third-order valence-electron chi connectivity index (χ3n) is 1.66. The second-order valence-electron chi connectivity index (χ2n) is 2.53. The second kappa shape index (κ2) is 5.32. The second-order valence-corrected chi connectivity index (χ2v) is 2.53. The van der Waals surface area contributed by atoms with E-state index in [-0.39, 0.29) is 17.7 Å². The van der Waals surface area contributed by atoms with Crippen LogP contribution in [0.2, 0.25) is 0 Å². The summed E-state index contributed by atoms with van der Waals surface area (Å²) < 4.78 is 5.24. The molecule has 0 aliphatic heterocycles. The molecule has 0 spiro atoms. The van der Waals surface area contributed by atoms with Crippen molar-refractivity contribution >= 4 is 0 Å². The minimum Gasteiger partial charge on any atom is -0.480 e. The topological polar surface area (TPSA) is 56.8 Å². The summed E-state index contributed by atoms with van der Waals surface area (Å²) in [5.74, 6) is 5.75. The van der Waals surface area contributed by atoms with Crippen LogP contribution in [0.1, 0.15) is 18.1 Å². The first kappa shape index (κ1) is 10.6. The van der Waals surface area contributed by atoms with Gasteiger partial charge in [-0.1, -0.05) is 5.92 Å². The molecule has 0 aliphatic rings. The largest absolute Gasteiger partial charge is 0.480 e. The van der Waals surface area contributed by atoms with Crippen molar-refractivity contribution in [3.05, 3.63) is 29.3 Å². The summed E-state index contributed by atoms with van der Waals surface area (Å²) in [5.41, 5.74) is 0.400. The molecule has 0 amide bonds. The molecule has 1 rings (SSSR count). The molecule has 0 heterocycles. The first-order chi connectivity index (χ1) is 7.33. The number of hydrogen-bond acceptors (Lipinski definition) is 3. The van der Waals surface area contributed by atoms with Gasteiger partial charge in [-0.3, -0.25) is 0 Å². The third kappa shape index (κ3) is 2.50. The lowest BCUT2D eigenvalue weighted by molar-refractivity contribution is 0.369. The van der Waals surface area contributed by atoms with E-state index < -0.39 is 0 Å². The Bertz CT molecular complexity index is 495. The van der Waals surface area contributed by atoms with Gasteiger partial charge in [-0.15, -0.1) is 5.92 Å². The van der Waals surface area contributed by atoms with E-state index in [1.165, 1.54) is 0 Å². The van der Waals surface area contributed by atoms with Crippen LogP contribution >= 0.6 is 0 Å². The Morgan fingerprint density at radius 3 is 2.80 bits per heavy atom. The highest BCUT2D eigenvalue weighted by atomic mass is 16.5. The minimum atomic E-state index is 0.194. The van der Waals surface area contributed by atoms with Crippen LogP contribution in [-0.4, -0.2) is 6.61 Å². The van der Waals surface area contributed by atoms with E-state index in [2.05, 4.69) is 17.9 Å². The fourth-order valence-corrected chi connectivity index (χ4v) is 0.985. The summed E-state index contributed by atoms with van der Waals surface area (Å²) in [6, 6.07) is 9.61. The number of nitrogens with zero attached hydrogens (tertiary/aromatic N) is 2. The van der Waals surface area contributed by atoms with Gasteiger partial charge in [0, 0.05) is 6.07 Å². The van der Waals surface area contributed by atoms with E-state index in [0.717, 1.165) is 0 Å². The molecule has 3 nitrogen and oxygen atoms in total. The SMILES string of the molecule is CC#CCOc1cc[c]c(C#N)c1C#N. The first-order valence-electron chi connectivity index (χ1n) is 4.20. The molecule has 0 N–H and O–H groups in total. The van der Waals surface area contributed by atoms with Gasteiger partial charge in [0.2, 0.25) is 0 Å². The Kier molecular flexibility index (Phi) is 3.78. The van der Waals surface area contributed by atoms with E-state index in [1.54, 1.807) is 19.1 Å². The minimum absolute atomic E-state index is 0.194. The van der Waals surface area contributed by atoms with E-state index >= 15 is 0 Å².